The van der Waals surface area contributed by atoms with Crippen LogP contribution in [0.1, 0.15) is 49.3 Å². The number of nitrogens with one attached hydrogen (secondary N) is 7. The van der Waals surface area contributed by atoms with E-state index >= 15 is 0 Å². The van der Waals surface area contributed by atoms with Crippen molar-refractivity contribution in [3.8, 4) is 0 Å². The average Bonchev–Trinajstić information content (AvgIpc) is 3.63. The molecule has 1 aliphatic heterocycles. The molecule has 318 valence electrons. The minimum absolute atomic E-state index is 0.0490. The van der Waals surface area contributed by atoms with Crippen molar-refractivity contribution in [3.05, 3.63) is 108 Å². The van der Waals surface area contributed by atoms with Gasteiger partial charge in [0.1, 0.15) is 36.3 Å². The average molecular weight is 824 g/mol. The summed E-state index contributed by atoms with van der Waals surface area (Å²) in [5, 5.41) is 27.4. The largest absolute Gasteiger partial charge is 0.391 e. The topological polar surface area (TPSA) is 280 Å². The third-order valence-electron chi connectivity index (χ3n) is 10.2. The van der Waals surface area contributed by atoms with Crippen molar-refractivity contribution in [3.63, 3.8) is 0 Å². The number of H-pyrrole nitrogens is 1. The first-order valence-corrected chi connectivity index (χ1v) is 19.9. The number of amides is 7. The predicted octanol–water partition coefficient (Wildman–Crippen LogP) is -0.497. The standard InChI is InChI=1S/C43H53N9O8/c1-25(53)37-43(60)51-33(21-27-14-6-3-7-15-27)40(57)50-35(23-36(45)54)42(59)48-32(20-26-12-4-2-5-13-26)39(56)49-34(22-28-24-46-30-17-9-8-16-29(28)30)41(58)47-31(38(55)52-37)18-10-11-19-44/h2-9,12-17,24-25,31-35,37,46,53H,10-11,18-23,44H2,1H3,(H2,45,54)(H,47,58)(H,48,59)(H,49,56)(H,50,57)(H,51,60)(H,52,55)/t25-,31+,32+,33+,34-,35+,37+/m1/s1. The van der Waals surface area contributed by atoms with Crippen LogP contribution in [0.25, 0.3) is 10.9 Å². The van der Waals surface area contributed by atoms with Crippen LogP contribution in [0.5, 0.6) is 0 Å². The van der Waals surface area contributed by atoms with Gasteiger partial charge in [-0.1, -0.05) is 78.9 Å². The van der Waals surface area contributed by atoms with Crippen molar-refractivity contribution in [2.75, 3.05) is 6.54 Å². The fourth-order valence-electron chi connectivity index (χ4n) is 7.03. The Morgan fingerprint density at radius 3 is 1.62 bits per heavy atom. The molecular weight excluding hydrogens is 771 g/mol. The summed E-state index contributed by atoms with van der Waals surface area (Å²) in [5.74, 6) is -6.03. The van der Waals surface area contributed by atoms with Crippen LogP contribution in [-0.4, -0.2) is 100 Å². The number of aromatic amines is 1. The highest BCUT2D eigenvalue weighted by Gasteiger charge is 2.37. The van der Waals surface area contributed by atoms with Crippen molar-refractivity contribution < 1.29 is 38.7 Å². The van der Waals surface area contributed by atoms with Crippen LogP contribution in [0.3, 0.4) is 0 Å². The van der Waals surface area contributed by atoms with E-state index in [4.69, 9.17) is 11.5 Å². The molecule has 0 radical (unpaired) electrons. The van der Waals surface area contributed by atoms with Crippen LogP contribution in [0.2, 0.25) is 0 Å². The van der Waals surface area contributed by atoms with Gasteiger partial charge in [0.25, 0.3) is 0 Å². The molecule has 17 heteroatoms. The Morgan fingerprint density at radius 1 is 0.600 bits per heavy atom. The number of hydrogen-bond donors (Lipinski definition) is 10. The van der Waals surface area contributed by atoms with Crippen LogP contribution >= 0.6 is 0 Å². The van der Waals surface area contributed by atoms with E-state index < -0.39 is 90.1 Å². The van der Waals surface area contributed by atoms with Crippen molar-refractivity contribution in [2.24, 2.45) is 11.5 Å². The number of nitrogens with two attached hydrogens (primary N) is 2. The molecule has 1 saturated heterocycles. The zero-order valence-corrected chi connectivity index (χ0v) is 33.3. The summed E-state index contributed by atoms with van der Waals surface area (Å²) in [5.41, 5.74) is 14.0. The maximum Gasteiger partial charge on any atom is 0.245 e. The number of aliphatic hydroxyl groups is 1. The molecule has 1 aromatic heterocycles. The van der Waals surface area contributed by atoms with Gasteiger partial charge in [-0.25, -0.2) is 0 Å². The molecule has 0 unspecified atom stereocenters. The third kappa shape index (κ3) is 12.5. The van der Waals surface area contributed by atoms with Gasteiger partial charge in [-0.3, -0.25) is 33.6 Å². The van der Waals surface area contributed by atoms with Gasteiger partial charge in [0.15, 0.2) is 0 Å². The quantitative estimate of drug-likeness (QED) is 0.0778. The minimum Gasteiger partial charge on any atom is -0.391 e. The Labute approximate surface area is 347 Å². The SMILES string of the molecule is C[C@@H](O)[C@@H]1NC(=O)[C@H](CCCCN)NC(=O)[C@@H](Cc2c[nH]c3ccccc23)NC(=O)[C@H](Cc2ccccc2)NC(=O)[C@H](CC(N)=O)NC(=O)[C@H](Cc2ccccc2)NC1=O. The number of carbonyl (C=O) groups is 7. The Hall–Kier alpha value is -6.59. The number of para-hydroxylation sites is 1. The molecule has 1 aliphatic rings. The normalized spacial score (nSPS) is 22.9. The first kappa shape index (κ1) is 44.5. The molecule has 0 aliphatic carbocycles. The number of hydrogen-bond acceptors (Lipinski definition) is 9. The van der Waals surface area contributed by atoms with Gasteiger partial charge in [0.05, 0.1) is 12.5 Å². The summed E-state index contributed by atoms with van der Waals surface area (Å²) < 4.78 is 0. The van der Waals surface area contributed by atoms with Gasteiger partial charge in [0.2, 0.25) is 41.4 Å². The predicted molar refractivity (Wildman–Crippen MR) is 222 cm³/mol. The second kappa shape index (κ2) is 21.4. The van der Waals surface area contributed by atoms with Crippen molar-refractivity contribution >= 4 is 52.3 Å². The highest BCUT2D eigenvalue weighted by atomic mass is 16.3. The summed E-state index contributed by atoms with van der Waals surface area (Å²) in [6.45, 7) is 1.58. The molecule has 2 heterocycles. The lowest BCUT2D eigenvalue weighted by Crippen LogP contribution is -2.63. The fraction of sp³-hybridized carbons (Fsp3) is 0.372. The third-order valence-corrected chi connectivity index (χ3v) is 10.2. The zero-order valence-electron chi connectivity index (χ0n) is 33.3. The maximum atomic E-state index is 14.4. The van der Waals surface area contributed by atoms with E-state index in [1.165, 1.54) is 6.92 Å². The van der Waals surface area contributed by atoms with E-state index in [2.05, 4.69) is 36.9 Å². The van der Waals surface area contributed by atoms with Crippen molar-refractivity contribution in [1.29, 1.82) is 0 Å². The summed E-state index contributed by atoms with van der Waals surface area (Å²) in [6.07, 6.45) is 0.332. The highest BCUT2D eigenvalue weighted by Crippen LogP contribution is 2.20. The second-order valence-corrected chi connectivity index (χ2v) is 14.9. The smallest absolute Gasteiger partial charge is 0.245 e. The second-order valence-electron chi connectivity index (χ2n) is 14.9. The van der Waals surface area contributed by atoms with E-state index in [1.54, 1.807) is 66.9 Å². The van der Waals surface area contributed by atoms with Crippen LogP contribution in [0.4, 0.5) is 0 Å². The summed E-state index contributed by atoms with van der Waals surface area (Å²) >= 11 is 0. The lowest BCUT2D eigenvalue weighted by molar-refractivity contribution is -0.138. The van der Waals surface area contributed by atoms with E-state index in [0.29, 0.717) is 36.1 Å². The van der Waals surface area contributed by atoms with Crippen LogP contribution in [-0.2, 0) is 52.8 Å². The molecule has 12 N–H and O–H groups in total. The molecular formula is C43H53N9O8. The molecule has 4 aromatic rings. The van der Waals surface area contributed by atoms with Crippen LogP contribution in [0, 0.1) is 0 Å². The number of aromatic nitrogens is 1. The minimum atomic E-state index is -1.61. The van der Waals surface area contributed by atoms with Crippen LogP contribution < -0.4 is 43.4 Å². The Kier molecular flexibility index (Phi) is 15.9. The molecule has 17 nitrogen and oxygen atoms in total. The van der Waals surface area contributed by atoms with Gasteiger partial charge in [-0.15, -0.1) is 0 Å². The molecule has 60 heavy (non-hydrogen) atoms. The van der Waals surface area contributed by atoms with Gasteiger partial charge in [-0.05, 0) is 55.5 Å². The van der Waals surface area contributed by atoms with E-state index in [1.807, 2.05) is 24.3 Å². The first-order valence-electron chi connectivity index (χ1n) is 19.9. The fourth-order valence-corrected chi connectivity index (χ4v) is 7.03. The first-order chi connectivity index (χ1) is 28.8. The maximum absolute atomic E-state index is 14.4. The monoisotopic (exact) mass is 823 g/mol. The van der Waals surface area contributed by atoms with E-state index in [0.717, 1.165) is 10.9 Å². The Balaban J connectivity index is 1.58. The Bertz CT molecular complexity index is 2130. The lowest BCUT2D eigenvalue weighted by Gasteiger charge is -2.30. The number of carbonyl (C=O) groups excluding carboxylic acids is 7. The molecule has 7 amide bonds. The summed E-state index contributed by atoms with van der Waals surface area (Å²) in [6, 6.07) is 16.2. The molecule has 5 rings (SSSR count). The molecule has 0 saturated carbocycles. The Morgan fingerprint density at radius 2 is 1.07 bits per heavy atom. The molecule has 7 atom stereocenters. The number of primary amides is 1. The number of aliphatic hydroxyl groups excluding tert-OH is 1. The highest BCUT2D eigenvalue weighted by molar-refractivity contribution is 5.99. The molecule has 1 fully saturated rings. The van der Waals surface area contributed by atoms with Gasteiger partial charge >= 0.3 is 0 Å². The molecule has 3 aromatic carbocycles. The van der Waals surface area contributed by atoms with E-state index in [-0.39, 0.29) is 25.7 Å². The van der Waals surface area contributed by atoms with Crippen LogP contribution in [0.15, 0.2) is 91.1 Å². The number of unbranched alkanes of at least 4 members (excludes halogenated alkanes) is 1. The number of fused-ring (bicyclic) bond motifs is 1. The molecule has 0 spiro atoms. The van der Waals surface area contributed by atoms with Gasteiger partial charge < -0.3 is 53.5 Å². The van der Waals surface area contributed by atoms with Gasteiger partial charge in [0, 0.05) is 36.4 Å². The summed E-state index contributed by atoms with van der Waals surface area (Å²) in [4.78, 5) is 100. The molecule has 0 bridgehead atoms. The summed E-state index contributed by atoms with van der Waals surface area (Å²) in [7, 11) is 0. The lowest BCUT2D eigenvalue weighted by atomic mass is 10.00. The number of benzene rings is 3. The number of rotatable bonds is 13. The zero-order chi connectivity index (χ0) is 43.2. The van der Waals surface area contributed by atoms with E-state index in [9.17, 15) is 38.7 Å². The van der Waals surface area contributed by atoms with Crippen molar-refractivity contribution in [2.45, 2.75) is 94.2 Å². The van der Waals surface area contributed by atoms with Crippen molar-refractivity contribution in [1.82, 2.24) is 36.9 Å². The van der Waals surface area contributed by atoms with Gasteiger partial charge in [-0.2, -0.15) is 0 Å².